The van der Waals surface area contributed by atoms with Crippen molar-refractivity contribution in [2.45, 2.75) is 45.3 Å². The zero-order chi connectivity index (χ0) is 19.2. The maximum atomic E-state index is 12.7. The second-order valence-corrected chi connectivity index (χ2v) is 6.93. The standard InChI is InChI=1S/C19H27N5O3/c1-14(2)21-19(25)24(13-16-5-4-12-27-16)15-7-10-23(11-8-15)18-20-9-6-17(22-18)26-3/h4-6,9,12,14-15H,7-8,10-11,13H2,1-3H3,(H,21,25). The fourth-order valence-electron chi connectivity index (χ4n) is 3.24. The molecule has 0 atom stereocenters. The average molecular weight is 373 g/mol. The topological polar surface area (TPSA) is 83.7 Å². The number of nitrogens with zero attached hydrogens (tertiary/aromatic N) is 4. The number of piperidine rings is 1. The molecule has 2 aromatic rings. The van der Waals surface area contributed by atoms with Crippen LogP contribution in [0, 0.1) is 0 Å². The first-order valence-corrected chi connectivity index (χ1v) is 9.28. The molecule has 0 unspecified atom stereocenters. The molecule has 8 nitrogen and oxygen atoms in total. The second kappa shape index (κ2) is 8.75. The third-order valence-electron chi connectivity index (χ3n) is 4.59. The number of nitrogens with one attached hydrogen (secondary N) is 1. The Morgan fingerprint density at radius 3 is 2.81 bits per heavy atom. The van der Waals surface area contributed by atoms with Crippen LogP contribution >= 0.6 is 0 Å². The normalized spacial score (nSPS) is 15.0. The number of anilines is 1. The molecule has 1 N–H and O–H groups in total. The van der Waals surface area contributed by atoms with E-state index in [1.165, 1.54) is 0 Å². The van der Waals surface area contributed by atoms with Gasteiger partial charge in [-0.15, -0.1) is 0 Å². The maximum absolute atomic E-state index is 12.7. The molecule has 0 bridgehead atoms. The Labute approximate surface area is 159 Å². The molecule has 2 amide bonds. The predicted molar refractivity (Wildman–Crippen MR) is 102 cm³/mol. The summed E-state index contributed by atoms with van der Waals surface area (Å²) in [6, 6.07) is 5.64. The summed E-state index contributed by atoms with van der Waals surface area (Å²) in [5.41, 5.74) is 0. The van der Waals surface area contributed by atoms with E-state index in [9.17, 15) is 4.79 Å². The summed E-state index contributed by atoms with van der Waals surface area (Å²) < 4.78 is 10.6. The van der Waals surface area contributed by atoms with Gasteiger partial charge in [-0.3, -0.25) is 0 Å². The quantitative estimate of drug-likeness (QED) is 0.838. The van der Waals surface area contributed by atoms with E-state index < -0.39 is 0 Å². The molecule has 1 saturated heterocycles. The highest BCUT2D eigenvalue weighted by Gasteiger charge is 2.29. The van der Waals surface area contributed by atoms with Crippen molar-refractivity contribution in [2.75, 3.05) is 25.1 Å². The Balaban J connectivity index is 1.66. The zero-order valence-corrected chi connectivity index (χ0v) is 16.1. The van der Waals surface area contributed by atoms with Gasteiger partial charge in [0.2, 0.25) is 11.8 Å². The highest BCUT2D eigenvalue weighted by molar-refractivity contribution is 5.74. The van der Waals surface area contributed by atoms with Crippen molar-refractivity contribution in [3.05, 3.63) is 36.4 Å². The number of amides is 2. The lowest BCUT2D eigenvalue weighted by Gasteiger charge is -2.38. The molecule has 0 radical (unpaired) electrons. The summed E-state index contributed by atoms with van der Waals surface area (Å²) in [7, 11) is 1.60. The van der Waals surface area contributed by atoms with Gasteiger partial charge in [0, 0.05) is 37.4 Å². The largest absolute Gasteiger partial charge is 0.481 e. The van der Waals surface area contributed by atoms with Gasteiger partial charge >= 0.3 is 6.03 Å². The van der Waals surface area contributed by atoms with Gasteiger partial charge in [0.15, 0.2) is 0 Å². The molecule has 0 aromatic carbocycles. The first kappa shape index (κ1) is 19.0. The van der Waals surface area contributed by atoms with Crippen LogP contribution in [0.2, 0.25) is 0 Å². The van der Waals surface area contributed by atoms with Gasteiger partial charge in [-0.2, -0.15) is 4.98 Å². The van der Waals surface area contributed by atoms with Gasteiger partial charge in [-0.05, 0) is 38.8 Å². The van der Waals surface area contributed by atoms with Crippen LogP contribution in [0.4, 0.5) is 10.7 Å². The molecule has 3 rings (SSSR count). The third-order valence-corrected chi connectivity index (χ3v) is 4.59. The van der Waals surface area contributed by atoms with Gasteiger partial charge in [0.05, 0.1) is 19.9 Å². The van der Waals surface area contributed by atoms with E-state index >= 15 is 0 Å². The summed E-state index contributed by atoms with van der Waals surface area (Å²) in [6.45, 7) is 5.95. The number of hydrogen-bond donors (Lipinski definition) is 1. The molecule has 8 heteroatoms. The summed E-state index contributed by atoms with van der Waals surface area (Å²) in [5, 5.41) is 3.00. The van der Waals surface area contributed by atoms with Crippen molar-refractivity contribution in [1.29, 1.82) is 0 Å². The number of rotatable bonds is 6. The van der Waals surface area contributed by atoms with Crippen molar-refractivity contribution in [3.63, 3.8) is 0 Å². The van der Waals surface area contributed by atoms with Gasteiger partial charge in [0.1, 0.15) is 5.76 Å². The molecule has 1 aliphatic rings. The molecule has 3 heterocycles. The minimum absolute atomic E-state index is 0.0579. The van der Waals surface area contributed by atoms with E-state index in [1.54, 1.807) is 25.6 Å². The summed E-state index contributed by atoms with van der Waals surface area (Å²) in [6.07, 6.45) is 5.02. The van der Waals surface area contributed by atoms with Crippen molar-refractivity contribution in [2.24, 2.45) is 0 Å². The second-order valence-electron chi connectivity index (χ2n) is 6.93. The minimum atomic E-state index is -0.0579. The van der Waals surface area contributed by atoms with E-state index in [4.69, 9.17) is 9.15 Å². The maximum Gasteiger partial charge on any atom is 0.318 e. The Hall–Kier alpha value is -2.77. The summed E-state index contributed by atoms with van der Waals surface area (Å²) >= 11 is 0. The Morgan fingerprint density at radius 2 is 2.19 bits per heavy atom. The Morgan fingerprint density at radius 1 is 1.41 bits per heavy atom. The van der Waals surface area contributed by atoms with Crippen molar-refractivity contribution in [3.8, 4) is 5.88 Å². The van der Waals surface area contributed by atoms with E-state index in [1.807, 2.05) is 30.9 Å². The van der Waals surface area contributed by atoms with Crippen LogP contribution in [-0.4, -0.2) is 53.2 Å². The smallest absolute Gasteiger partial charge is 0.318 e. The number of carbonyl (C=O) groups excluding carboxylic acids is 1. The molecule has 1 aliphatic heterocycles. The van der Waals surface area contributed by atoms with Crippen molar-refractivity contribution < 1.29 is 13.9 Å². The average Bonchev–Trinajstić information content (AvgIpc) is 3.19. The fraction of sp³-hybridized carbons (Fsp3) is 0.526. The number of ether oxygens (including phenoxy) is 1. The Kier molecular flexibility index (Phi) is 6.16. The predicted octanol–water partition coefficient (Wildman–Crippen LogP) is 2.67. The third kappa shape index (κ3) is 4.90. The summed E-state index contributed by atoms with van der Waals surface area (Å²) in [4.78, 5) is 25.5. The lowest BCUT2D eigenvalue weighted by atomic mass is 10.0. The van der Waals surface area contributed by atoms with Crippen LogP contribution < -0.4 is 15.0 Å². The lowest BCUT2D eigenvalue weighted by molar-refractivity contribution is 0.149. The number of urea groups is 1. The number of hydrogen-bond acceptors (Lipinski definition) is 6. The fourth-order valence-corrected chi connectivity index (χ4v) is 3.24. The highest BCUT2D eigenvalue weighted by atomic mass is 16.5. The van der Waals surface area contributed by atoms with Crippen LogP contribution in [0.5, 0.6) is 5.88 Å². The van der Waals surface area contributed by atoms with E-state index in [2.05, 4.69) is 20.2 Å². The van der Waals surface area contributed by atoms with E-state index in [0.29, 0.717) is 18.4 Å². The van der Waals surface area contributed by atoms with Crippen LogP contribution in [0.3, 0.4) is 0 Å². The van der Waals surface area contributed by atoms with E-state index in [-0.39, 0.29) is 18.1 Å². The molecule has 2 aromatic heterocycles. The molecule has 0 aliphatic carbocycles. The Bertz CT molecular complexity index is 727. The SMILES string of the molecule is COc1ccnc(N2CCC(N(Cc3ccco3)C(=O)NC(C)C)CC2)n1. The molecule has 1 fully saturated rings. The van der Waals surface area contributed by atoms with Crippen LogP contribution in [0.25, 0.3) is 0 Å². The molecule has 27 heavy (non-hydrogen) atoms. The van der Waals surface area contributed by atoms with Crippen molar-refractivity contribution in [1.82, 2.24) is 20.2 Å². The molecular formula is C19H27N5O3. The van der Waals surface area contributed by atoms with Gasteiger partial charge in [-0.1, -0.05) is 0 Å². The van der Waals surface area contributed by atoms with E-state index in [0.717, 1.165) is 31.7 Å². The van der Waals surface area contributed by atoms with Gasteiger partial charge < -0.3 is 24.3 Å². The highest BCUT2D eigenvalue weighted by Crippen LogP contribution is 2.23. The monoisotopic (exact) mass is 373 g/mol. The minimum Gasteiger partial charge on any atom is -0.481 e. The molecular weight excluding hydrogens is 346 g/mol. The number of aromatic nitrogens is 2. The first-order valence-electron chi connectivity index (χ1n) is 9.28. The van der Waals surface area contributed by atoms with Crippen molar-refractivity contribution >= 4 is 12.0 Å². The molecule has 146 valence electrons. The first-order chi connectivity index (χ1) is 13.1. The summed E-state index contributed by atoms with van der Waals surface area (Å²) in [5.74, 6) is 2.00. The van der Waals surface area contributed by atoms with Crippen LogP contribution in [0.1, 0.15) is 32.4 Å². The number of carbonyl (C=O) groups is 1. The molecule has 0 saturated carbocycles. The van der Waals surface area contributed by atoms with Gasteiger partial charge in [-0.25, -0.2) is 9.78 Å². The lowest BCUT2D eigenvalue weighted by Crippen LogP contribution is -2.51. The number of furan rings is 1. The zero-order valence-electron chi connectivity index (χ0n) is 16.1. The number of methoxy groups -OCH3 is 1. The van der Waals surface area contributed by atoms with Gasteiger partial charge in [0.25, 0.3) is 0 Å². The van der Waals surface area contributed by atoms with Crippen LogP contribution in [-0.2, 0) is 6.54 Å². The molecule has 0 spiro atoms. The van der Waals surface area contributed by atoms with Crippen LogP contribution in [0.15, 0.2) is 35.1 Å².